The molecule has 4 aromatic rings. The standard InChI is InChI=1S/C20H16N4O4S/c25-19(7-12-3-4-15-16(6-12)28-11-27-15)21-10-13-8-20(26)24-18(22-13)9-14(23-24)17-2-1-5-29-17/h1-6,8-9,23H,7,10-11H2,(H,21,25). The van der Waals surface area contributed by atoms with Crippen molar-refractivity contribution in [3.63, 3.8) is 0 Å². The van der Waals surface area contributed by atoms with E-state index in [9.17, 15) is 9.59 Å². The zero-order chi connectivity index (χ0) is 19.8. The van der Waals surface area contributed by atoms with E-state index >= 15 is 0 Å². The van der Waals surface area contributed by atoms with Crippen molar-refractivity contribution >= 4 is 22.9 Å². The largest absolute Gasteiger partial charge is 0.454 e. The van der Waals surface area contributed by atoms with Gasteiger partial charge in [0.15, 0.2) is 17.1 Å². The van der Waals surface area contributed by atoms with E-state index in [0.29, 0.717) is 22.8 Å². The van der Waals surface area contributed by atoms with Gasteiger partial charge < -0.3 is 14.8 Å². The molecule has 0 bridgehead atoms. The van der Waals surface area contributed by atoms with Crippen LogP contribution in [0.4, 0.5) is 0 Å². The molecule has 8 nitrogen and oxygen atoms in total. The maximum absolute atomic E-state index is 12.4. The molecule has 1 amide bonds. The molecule has 29 heavy (non-hydrogen) atoms. The third-order valence-corrected chi connectivity index (χ3v) is 5.46. The number of amides is 1. The van der Waals surface area contributed by atoms with Gasteiger partial charge in [0.25, 0.3) is 5.56 Å². The molecule has 9 heteroatoms. The van der Waals surface area contributed by atoms with E-state index in [1.165, 1.54) is 10.6 Å². The number of hydrogen-bond donors (Lipinski definition) is 2. The van der Waals surface area contributed by atoms with Crippen molar-refractivity contribution in [2.75, 3.05) is 6.79 Å². The summed E-state index contributed by atoms with van der Waals surface area (Å²) in [5, 5.41) is 7.84. The second-order valence-corrected chi connectivity index (χ2v) is 7.52. The van der Waals surface area contributed by atoms with Crippen molar-refractivity contribution in [3.05, 3.63) is 69.5 Å². The lowest BCUT2D eigenvalue weighted by Crippen LogP contribution is -2.26. The number of H-pyrrole nitrogens is 1. The van der Waals surface area contributed by atoms with Gasteiger partial charge in [0.2, 0.25) is 12.7 Å². The number of aromatic nitrogens is 3. The maximum atomic E-state index is 12.4. The summed E-state index contributed by atoms with van der Waals surface area (Å²) in [6.07, 6.45) is 0.199. The van der Waals surface area contributed by atoms with Crippen LogP contribution in [0.15, 0.2) is 52.6 Å². The van der Waals surface area contributed by atoms with Gasteiger partial charge in [0.1, 0.15) is 0 Å². The Labute approximate surface area is 168 Å². The van der Waals surface area contributed by atoms with Crippen molar-refractivity contribution in [2.45, 2.75) is 13.0 Å². The van der Waals surface area contributed by atoms with Gasteiger partial charge in [-0.15, -0.1) is 11.3 Å². The van der Waals surface area contributed by atoms with Crippen molar-refractivity contribution in [2.24, 2.45) is 0 Å². The highest BCUT2D eigenvalue weighted by atomic mass is 32.1. The van der Waals surface area contributed by atoms with Crippen LogP contribution in [0.3, 0.4) is 0 Å². The van der Waals surface area contributed by atoms with Gasteiger partial charge >= 0.3 is 0 Å². The van der Waals surface area contributed by atoms with Gasteiger partial charge in [0.05, 0.1) is 29.2 Å². The number of fused-ring (bicyclic) bond motifs is 2. The van der Waals surface area contributed by atoms with Gasteiger partial charge in [0, 0.05) is 12.1 Å². The molecule has 5 rings (SSSR count). The Bertz CT molecular complexity index is 1260. The first-order valence-electron chi connectivity index (χ1n) is 8.96. The minimum atomic E-state index is -0.224. The summed E-state index contributed by atoms with van der Waals surface area (Å²) in [6, 6.07) is 12.6. The smallest absolute Gasteiger partial charge is 0.272 e. The summed E-state index contributed by atoms with van der Waals surface area (Å²) in [6.45, 7) is 0.372. The number of thiophene rings is 1. The third kappa shape index (κ3) is 3.47. The van der Waals surface area contributed by atoms with E-state index in [1.54, 1.807) is 23.5 Å². The topological polar surface area (TPSA) is 97.7 Å². The van der Waals surface area contributed by atoms with E-state index in [1.807, 2.05) is 29.6 Å². The first kappa shape index (κ1) is 17.5. The summed E-state index contributed by atoms with van der Waals surface area (Å²) in [7, 11) is 0. The lowest BCUT2D eigenvalue weighted by atomic mass is 10.1. The molecule has 1 aromatic carbocycles. The Morgan fingerprint density at radius 3 is 2.97 bits per heavy atom. The predicted octanol–water partition coefficient (Wildman–Crippen LogP) is 2.34. The molecule has 0 radical (unpaired) electrons. The summed E-state index contributed by atoms with van der Waals surface area (Å²) in [5.74, 6) is 1.16. The van der Waals surface area contributed by atoms with Crippen LogP contribution in [0.25, 0.3) is 16.2 Å². The number of benzene rings is 1. The Morgan fingerprint density at radius 2 is 2.10 bits per heavy atom. The quantitative estimate of drug-likeness (QED) is 0.528. The molecule has 0 aliphatic carbocycles. The summed E-state index contributed by atoms with van der Waals surface area (Å²) >= 11 is 1.58. The lowest BCUT2D eigenvalue weighted by Gasteiger charge is -2.06. The van der Waals surface area contributed by atoms with Gasteiger partial charge in [-0.1, -0.05) is 12.1 Å². The fourth-order valence-electron chi connectivity index (χ4n) is 3.18. The molecule has 0 atom stereocenters. The zero-order valence-electron chi connectivity index (χ0n) is 15.2. The van der Waals surface area contributed by atoms with Crippen molar-refractivity contribution in [3.8, 4) is 22.1 Å². The highest BCUT2D eigenvalue weighted by Crippen LogP contribution is 2.32. The van der Waals surface area contributed by atoms with Crippen LogP contribution in [0.1, 0.15) is 11.3 Å². The number of aromatic amines is 1. The summed E-state index contributed by atoms with van der Waals surface area (Å²) in [5.41, 5.74) is 2.44. The number of rotatable bonds is 5. The van der Waals surface area contributed by atoms with E-state index in [0.717, 1.165) is 16.1 Å². The van der Waals surface area contributed by atoms with Crippen LogP contribution in [0, 0.1) is 0 Å². The highest BCUT2D eigenvalue weighted by Gasteiger charge is 2.15. The molecule has 1 aliphatic heterocycles. The number of hydrogen-bond acceptors (Lipinski definition) is 6. The van der Waals surface area contributed by atoms with Gasteiger partial charge in [-0.25, -0.2) is 9.50 Å². The Balaban J connectivity index is 1.29. The molecule has 0 unspecified atom stereocenters. The Kier molecular flexibility index (Phi) is 4.28. The molecular weight excluding hydrogens is 392 g/mol. The van der Waals surface area contributed by atoms with Gasteiger partial charge in [-0.2, -0.15) is 0 Å². The van der Waals surface area contributed by atoms with E-state index in [2.05, 4.69) is 15.4 Å². The normalized spacial score (nSPS) is 12.4. The molecule has 1 aliphatic rings. The Hall–Kier alpha value is -3.59. The van der Waals surface area contributed by atoms with Crippen molar-refractivity contribution in [1.29, 1.82) is 0 Å². The molecule has 0 spiro atoms. The molecule has 3 aromatic heterocycles. The fourth-order valence-corrected chi connectivity index (χ4v) is 3.87. The number of carbonyl (C=O) groups is 1. The van der Waals surface area contributed by atoms with E-state index < -0.39 is 0 Å². The molecule has 146 valence electrons. The van der Waals surface area contributed by atoms with Gasteiger partial charge in [-0.05, 0) is 29.1 Å². The maximum Gasteiger partial charge on any atom is 0.272 e. The van der Waals surface area contributed by atoms with Crippen LogP contribution < -0.4 is 20.3 Å². The lowest BCUT2D eigenvalue weighted by molar-refractivity contribution is -0.120. The van der Waals surface area contributed by atoms with Crippen LogP contribution in [-0.4, -0.2) is 27.3 Å². The summed E-state index contributed by atoms with van der Waals surface area (Å²) < 4.78 is 12.0. The number of carbonyl (C=O) groups excluding carboxylic acids is 1. The van der Waals surface area contributed by atoms with Crippen LogP contribution >= 0.6 is 11.3 Å². The summed E-state index contributed by atoms with van der Waals surface area (Å²) in [4.78, 5) is 30.2. The van der Waals surface area contributed by atoms with Crippen molar-refractivity contribution < 1.29 is 14.3 Å². The number of nitrogens with zero attached hydrogens (tertiary/aromatic N) is 2. The molecule has 2 N–H and O–H groups in total. The molecule has 0 fully saturated rings. The fraction of sp³-hybridized carbons (Fsp3) is 0.150. The first-order valence-corrected chi connectivity index (χ1v) is 9.84. The van der Waals surface area contributed by atoms with Crippen LogP contribution in [-0.2, 0) is 17.8 Å². The predicted molar refractivity (Wildman–Crippen MR) is 107 cm³/mol. The molecule has 0 saturated carbocycles. The van der Waals surface area contributed by atoms with Crippen LogP contribution in [0.2, 0.25) is 0 Å². The number of ether oxygens (including phenoxy) is 2. The number of nitrogens with one attached hydrogen (secondary N) is 2. The second-order valence-electron chi connectivity index (χ2n) is 6.57. The first-order chi connectivity index (χ1) is 14.2. The van der Waals surface area contributed by atoms with Crippen LogP contribution in [0.5, 0.6) is 11.5 Å². The van der Waals surface area contributed by atoms with E-state index in [4.69, 9.17) is 9.47 Å². The SMILES string of the molecule is O=C(Cc1ccc2c(c1)OCO2)NCc1cc(=O)n2[nH]c(-c3cccs3)cc2n1. The minimum Gasteiger partial charge on any atom is -0.454 e. The average Bonchev–Trinajstić information content (AvgIpc) is 3.45. The van der Waals surface area contributed by atoms with Crippen molar-refractivity contribution in [1.82, 2.24) is 19.9 Å². The van der Waals surface area contributed by atoms with E-state index in [-0.39, 0.29) is 31.2 Å². The van der Waals surface area contributed by atoms with Gasteiger partial charge in [-0.3, -0.25) is 14.7 Å². The highest BCUT2D eigenvalue weighted by molar-refractivity contribution is 7.13. The molecule has 4 heterocycles. The minimum absolute atomic E-state index is 0.167. The zero-order valence-corrected chi connectivity index (χ0v) is 16.0. The Morgan fingerprint density at radius 1 is 1.21 bits per heavy atom. The molecule has 0 saturated heterocycles. The molecular formula is C20H16N4O4S. The third-order valence-electron chi connectivity index (χ3n) is 4.56. The average molecular weight is 408 g/mol. The second kappa shape index (κ2) is 7.10. The monoisotopic (exact) mass is 408 g/mol.